The average Bonchev–Trinajstić information content (AvgIpc) is 2.79. The SMILES string of the molecule is Cc1nn2cccnc2c1C(=O)NCC(C)(C)C(O)C(C)C. The van der Waals surface area contributed by atoms with Crippen LogP contribution < -0.4 is 5.32 Å². The van der Waals surface area contributed by atoms with Crippen LogP contribution in [0.1, 0.15) is 43.7 Å². The van der Waals surface area contributed by atoms with Gasteiger partial charge < -0.3 is 10.4 Å². The molecule has 0 spiro atoms. The topological polar surface area (TPSA) is 79.5 Å². The fraction of sp³-hybridized carbons (Fsp3) is 0.562. The number of hydrogen-bond acceptors (Lipinski definition) is 4. The van der Waals surface area contributed by atoms with Crippen molar-refractivity contribution in [2.24, 2.45) is 11.3 Å². The molecule has 2 aromatic heterocycles. The van der Waals surface area contributed by atoms with E-state index in [9.17, 15) is 9.90 Å². The van der Waals surface area contributed by atoms with Crippen LogP contribution in [0.3, 0.4) is 0 Å². The summed E-state index contributed by atoms with van der Waals surface area (Å²) in [7, 11) is 0. The zero-order valence-corrected chi connectivity index (χ0v) is 13.8. The molecule has 2 N–H and O–H groups in total. The lowest BCUT2D eigenvalue weighted by molar-refractivity contribution is 0.0138. The summed E-state index contributed by atoms with van der Waals surface area (Å²) in [6.45, 7) is 9.99. The lowest BCUT2D eigenvalue weighted by atomic mass is 9.80. The monoisotopic (exact) mass is 304 g/mol. The minimum Gasteiger partial charge on any atom is -0.392 e. The van der Waals surface area contributed by atoms with Crippen LogP contribution in [0, 0.1) is 18.3 Å². The fourth-order valence-corrected chi connectivity index (χ4v) is 2.67. The highest BCUT2D eigenvalue weighted by Gasteiger charge is 2.31. The Morgan fingerprint density at radius 2 is 2.14 bits per heavy atom. The third kappa shape index (κ3) is 3.11. The van der Waals surface area contributed by atoms with E-state index in [1.807, 2.05) is 27.7 Å². The molecule has 0 aliphatic heterocycles. The molecule has 0 aromatic carbocycles. The van der Waals surface area contributed by atoms with Gasteiger partial charge >= 0.3 is 0 Å². The number of aliphatic hydroxyl groups excluding tert-OH is 1. The van der Waals surface area contributed by atoms with E-state index in [0.29, 0.717) is 23.4 Å². The number of carbonyl (C=O) groups is 1. The lowest BCUT2D eigenvalue weighted by Gasteiger charge is -2.33. The minimum atomic E-state index is -0.490. The maximum atomic E-state index is 12.5. The molecule has 0 saturated carbocycles. The summed E-state index contributed by atoms with van der Waals surface area (Å²) in [6.07, 6.45) is 2.91. The molecule has 0 aliphatic rings. The zero-order chi connectivity index (χ0) is 16.5. The highest BCUT2D eigenvalue weighted by molar-refractivity contribution is 6.00. The second-order valence-corrected chi connectivity index (χ2v) is 6.71. The van der Waals surface area contributed by atoms with E-state index in [1.165, 1.54) is 0 Å². The van der Waals surface area contributed by atoms with Crippen molar-refractivity contribution in [2.75, 3.05) is 6.54 Å². The molecule has 0 radical (unpaired) electrons. The van der Waals surface area contributed by atoms with Gasteiger partial charge in [0.1, 0.15) is 5.56 Å². The second kappa shape index (κ2) is 6.04. The fourth-order valence-electron chi connectivity index (χ4n) is 2.67. The van der Waals surface area contributed by atoms with Crippen LogP contribution in [0.5, 0.6) is 0 Å². The first-order valence-corrected chi connectivity index (χ1v) is 7.50. The van der Waals surface area contributed by atoms with Gasteiger partial charge in [-0.2, -0.15) is 5.10 Å². The van der Waals surface area contributed by atoms with Gasteiger partial charge in [0.05, 0.1) is 11.8 Å². The van der Waals surface area contributed by atoms with Crippen molar-refractivity contribution in [3.63, 3.8) is 0 Å². The van der Waals surface area contributed by atoms with Crippen LogP contribution in [0.25, 0.3) is 5.65 Å². The third-order valence-corrected chi connectivity index (χ3v) is 3.93. The van der Waals surface area contributed by atoms with Crippen LogP contribution in [-0.4, -0.2) is 38.3 Å². The van der Waals surface area contributed by atoms with Gasteiger partial charge in [-0.3, -0.25) is 4.79 Å². The number of rotatable bonds is 5. The molecule has 6 nitrogen and oxygen atoms in total. The molecule has 0 saturated heterocycles. The van der Waals surface area contributed by atoms with Gasteiger partial charge in [-0.05, 0) is 18.9 Å². The molecule has 2 aromatic rings. The maximum absolute atomic E-state index is 12.5. The Bertz CT molecular complexity index is 676. The molecule has 1 amide bonds. The maximum Gasteiger partial charge on any atom is 0.257 e. The Balaban J connectivity index is 2.17. The molecule has 0 bridgehead atoms. The largest absolute Gasteiger partial charge is 0.392 e. The lowest BCUT2D eigenvalue weighted by Crippen LogP contribution is -2.43. The standard InChI is InChI=1S/C16H24N4O2/c1-10(2)13(21)16(4,5)9-18-15(22)12-11(3)19-20-8-6-7-17-14(12)20/h6-8,10,13,21H,9H2,1-5H3,(H,18,22). The Kier molecular flexibility index (Phi) is 4.51. The molecule has 6 heteroatoms. The molecule has 0 aliphatic carbocycles. The number of nitrogens with one attached hydrogen (secondary N) is 1. The van der Waals surface area contributed by atoms with Gasteiger partial charge in [0.25, 0.3) is 5.91 Å². The smallest absolute Gasteiger partial charge is 0.257 e. The molecule has 22 heavy (non-hydrogen) atoms. The molecule has 2 rings (SSSR count). The second-order valence-electron chi connectivity index (χ2n) is 6.71. The van der Waals surface area contributed by atoms with E-state index in [4.69, 9.17) is 0 Å². The predicted octanol–water partition coefficient (Wildman–Crippen LogP) is 1.81. The summed E-state index contributed by atoms with van der Waals surface area (Å²) in [6, 6.07) is 1.77. The summed E-state index contributed by atoms with van der Waals surface area (Å²) in [5, 5.41) is 17.4. The summed E-state index contributed by atoms with van der Waals surface area (Å²) in [5.41, 5.74) is 1.25. The number of fused-ring (bicyclic) bond motifs is 1. The molecule has 1 atom stereocenters. The molecule has 2 heterocycles. The van der Waals surface area contributed by atoms with Crippen LogP contribution >= 0.6 is 0 Å². The van der Waals surface area contributed by atoms with Crippen molar-refractivity contribution in [3.8, 4) is 0 Å². The summed E-state index contributed by atoms with van der Waals surface area (Å²) < 4.78 is 1.60. The van der Waals surface area contributed by atoms with Crippen molar-refractivity contribution in [1.82, 2.24) is 19.9 Å². The zero-order valence-electron chi connectivity index (χ0n) is 13.8. The summed E-state index contributed by atoms with van der Waals surface area (Å²) in [4.78, 5) is 16.7. The van der Waals surface area contributed by atoms with Crippen molar-refractivity contribution in [2.45, 2.75) is 40.7 Å². The number of aromatic nitrogens is 3. The Morgan fingerprint density at radius 1 is 1.45 bits per heavy atom. The minimum absolute atomic E-state index is 0.132. The molecular formula is C16H24N4O2. The van der Waals surface area contributed by atoms with Crippen LogP contribution in [0.4, 0.5) is 0 Å². The van der Waals surface area contributed by atoms with Gasteiger partial charge in [0.2, 0.25) is 0 Å². The van der Waals surface area contributed by atoms with E-state index in [2.05, 4.69) is 15.4 Å². The first-order chi connectivity index (χ1) is 10.2. The summed E-state index contributed by atoms with van der Waals surface area (Å²) in [5.74, 6) is -0.0810. The summed E-state index contributed by atoms with van der Waals surface area (Å²) >= 11 is 0. The number of aryl methyl sites for hydroxylation is 1. The Morgan fingerprint density at radius 3 is 2.77 bits per heavy atom. The predicted molar refractivity (Wildman–Crippen MR) is 84.7 cm³/mol. The van der Waals surface area contributed by atoms with E-state index >= 15 is 0 Å². The van der Waals surface area contributed by atoms with E-state index in [1.54, 1.807) is 29.9 Å². The van der Waals surface area contributed by atoms with Gasteiger partial charge in [-0.1, -0.05) is 27.7 Å². The molecular weight excluding hydrogens is 280 g/mol. The Labute approximate surface area is 130 Å². The van der Waals surface area contributed by atoms with Crippen molar-refractivity contribution < 1.29 is 9.90 Å². The number of nitrogens with zero attached hydrogens (tertiary/aromatic N) is 3. The van der Waals surface area contributed by atoms with Crippen molar-refractivity contribution in [1.29, 1.82) is 0 Å². The average molecular weight is 304 g/mol. The van der Waals surface area contributed by atoms with Crippen molar-refractivity contribution >= 4 is 11.6 Å². The van der Waals surface area contributed by atoms with E-state index < -0.39 is 11.5 Å². The van der Waals surface area contributed by atoms with Crippen LogP contribution in [-0.2, 0) is 0 Å². The van der Waals surface area contributed by atoms with E-state index in [-0.39, 0.29) is 11.8 Å². The highest BCUT2D eigenvalue weighted by atomic mass is 16.3. The normalized spacial score (nSPS) is 13.6. The third-order valence-electron chi connectivity index (χ3n) is 3.93. The highest BCUT2D eigenvalue weighted by Crippen LogP contribution is 2.25. The molecule has 0 fully saturated rings. The number of hydrogen-bond donors (Lipinski definition) is 2. The number of carbonyl (C=O) groups excluding carboxylic acids is 1. The van der Waals surface area contributed by atoms with Crippen LogP contribution in [0.15, 0.2) is 18.5 Å². The Hall–Kier alpha value is -1.95. The van der Waals surface area contributed by atoms with Gasteiger partial charge in [0.15, 0.2) is 5.65 Å². The quantitative estimate of drug-likeness (QED) is 0.883. The van der Waals surface area contributed by atoms with Gasteiger partial charge in [-0.25, -0.2) is 9.50 Å². The first-order valence-electron chi connectivity index (χ1n) is 7.50. The van der Waals surface area contributed by atoms with Crippen molar-refractivity contribution in [3.05, 3.63) is 29.7 Å². The number of aliphatic hydroxyl groups is 1. The van der Waals surface area contributed by atoms with Crippen LogP contribution in [0.2, 0.25) is 0 Å². The van der Waals surface area contributed by atoms with Gasteiger partial charge in [-0.15, -0.1) is 0 Å². The number of amides is 1. The first kappa shape index (κ1) is 16.4. The molecule has 1 unspecified atom stereocenters. The molecule has 120 valence electrons. The van der Waals surface area contributed by atoms with Gasteiger partial charge in [0, 0.05) is 24.4 Å². The van der Waals surface area contributed by atoms with E-state index in [0.717, 1.165) is 0 Å².